The predicted molar refractivity (Wildman–Crippen MR) is 141 cm³/mol. The van der Waals surface area contributed by atoms with Crippen molar-refractivity contribution in [2.24, 2.45) is 16.7 Å². The van der Waals surface area contributed by atoms with Crippen LogP contribution in [-0.2, 0) is 20.9 Å². The van der Waals surface area contributed by atoms with Crippen LogP contribution >= 0.6 is 11.3 Å². The Morgan fingerprint density at radius 1 is 1.11 bits per heavy atom. The van der Waals surface area contributed by atoms with Gasteiger partial charge in [0, 0.05) is 70.2 Å². The van der Waals surface area contributed by atoms with Crippen LogP contribution in [0.1, 0.15) is 66.2 Å². The van der Waals surface area contributed by atoms with Crippen molar-refractivity contribution in [1.82, 2.24) is 19.8 Å². The topological polar surface area (TPSA) is 84.9 Å². The van der Waals surface area contributed by atoms with Crippen LogP contribution in [-0.4, -0.2) is 78.1 Å². The van der Waals surface area contributed by atoms with E-state index in [0.29, 0.717) is 23.3 Å². The Kier molecular flexibility index (Phi) is 7.65. The van der Waals surface area contributed by atoms with Crippen LogP contribution in [0.5, 0.6) is 0 Å². The Morgan fingerprint density at radius 3 is 2.49 bits per heavy atom. The Bertz CT molecular complexity index is 1090. The molecule has 2 aromatic rings. The minimum absolute atomic E-state index is 0.0903. The van der Waals surface area contributed by atoms with E-state index in [2.05, 4.69) is 29.9 Å². The summed E-state index contributed by atoms with van der Waals surface area (Å²) in [6.07, 6.45) is 9.72. The molecule has 1 saturated carbocycles. The van der Waals surface area contributed by atoms with Crippen molar-refractivity contribution >= 4 is 23.2 Å². The van der Waals surface area contributed by atoms with Gasteiger partial charge in [-0.3, -0.25) is 19.6 Å². The highest BCUT2D eigenvalue weighted by Gasteiger charge is 2.57. The SMILES string of the molecule is CC1(C)CC1C(=O)N1CC2(CCN(C(=O)c3cncs3)C2)C1.COCc1cncc(C2CCOCC2)c1. The Hall–Kier alpha value is -2.36. The molecule has 0 N–H and O–H groups in total. The number of hydrogen-bond donors (Lipinski definition) is 0. The Labute approximate surface area is 223 Å². The van der Waals surface area contributed by atoms with E-state index in [-0.39, 0.29) is 22.7 Å². The minimum Gasteiger partial charge on any atom is -0.381 e. The Balaban J connectivity index is 0.000000164. The van der Waals surface area contributed by atoms with Gasteiger partial charge in [-0.1, -0.05) is 19.9 Å². The molecule has 9 heteroatoms. The van der Waals surface area contributed by atoms with Crippen molar-refractivity contribution in [3.05, 3.63) is 46.2 Å². The number of thiazole rings is 1. The summed E-state index contributed by atoms with van der Waals surface area (Å²) in [5, 5.41) is 0. The molecule has 0 radical (unpaired) electrons. The van der Waals surface area contributed by atoms with Gasteiger partial charge in [0.15, 0.2) is 0 Å². The van der Waals surface area contributed by atoms with E-state index in [9.17, 15) is 9.59 Å². The Morgan fingerprint density at radius 2 is 1.84 bits per heavy atom. The summed E-state index contributed by atoms with van der Waals surface area (Å²) in [6.45, 7) is 9.94. The maximum atomic E-state index is 12.4. The molecule has 2 aromatic heterocycles. The van der Waals surface area contributed by atoms with Gasteiger partial charge in [0.1, 0.15) is 4.88 Å². The largest absolute Gasteiger partial charge is 0.381 e. The summed E-state index contributed by atoms with van der Waals surface area (Å²) in [7, 11) is 1.71. The number of hydrogen-bond acceptors (Lipinski definition) is 7. The first kappa shape index (κ1) is 26.3. The van der Waals surface area contributed by atoms with Crippen LogP contribution < -0.4 is 0 Å². The van der Waals surface area contributed by atoms with Gasteiger partial charge in [0.2, 0.25) is 5.91 Å². The predicted octanol–water partition coefficient (Wildman–Crippen LogP) is 3.99. The van der Waals surface area contributed by atoms with Gasteiger partial charge < -0.3 is 19.3 Å². The molecule has 3 saturated heterocycles. The van der Waals surface area contributed by atoms with Crippen LogP contribution in [0.15, 0.2) is 30.2 Å². The average Bonchev–Trinajstić information content (AvgIpc) is 3.29. The van der Waals surface area contributed by atoms with Crippen molar-refractivity contribution in [3.63, 3.8) is 0 Å². The zero-order chi connectivity index (χ0) is 26.0. The zero-order valence-corrected chi connectivity index (χ0v) is 23.0. The van der Waals surface area contributed by atoms with E-state index in [1.54, 1.807) is 18.8 Å². The van der Waals surface area contributed by atoms with Gasteiger partial charge in [0.05, 0.1) is 18.3 Å². The maximum Gasteiger partial charge on any atom is 0.265 e. The summed E-state index contributed by atoms with van der Waals surface area (Å²) in [5.41, 5.74) is 4.52. The second-order valence-electron chi connectivity index (χ2n) is 11.7. The van der Waals surface area contributed by atoms with Crippen LogP contribution in [0, 0.1) is 16.7 Å². The smallest absolute Gasteiger partial charge is 0.265 e. The van der Waals surface area contributed by atoms with Crippen LogP contribution in [0.25, 0.3) is 0 Å². The molecule has 5 heterocycles. The van der Waals surface area contributed by atoms with E-state index in [1.807, 2.05) is 22.2 Å². The monoisotopic (exact) mass is 526 g/mol. The number of amides is 2. The standard InChI is InChI=1S/C16H21N3O2S.C12H17NO2/c1-15(2)5-11(15)13(20)19-8-16(9-19)3-4-18(7-16)14(21)12-6-17-10-22-12;1-14-9-10-6-12(8-13-7-10)11-2-4-15-5-3-11/h6,10-11H,3-5,7-9H2,1-2H3;6-8,11H,2-5,9H2,1H3. The molecule has 4 aliphatic rings. The first-order chi connectivity index (χ1) is 17.8. The maximum absolute atomic E-state index is 12.4. The quantitative estimate of drug-likeness (QED) is 0.586. The van der Waals surface area contributed by atoms with Crippen LogP contribution in [0.3, 0.4) is 0 Å². The van der Waals surface area contributed by atoms with E-state index in [1.165, 1.54) is 16.9 Å². The lowest BCUT2D eigenvalue weighted by Crippen LogP contribution is -2.60. The number of ether oxygens (including phenoxy) is 2. The lowest BCUT2D eigenvalue weighted by atomic mass is 9.78. The molecule has 200 valence electrons. The molecule has 6 rings (SSSR count). The number of pyridine rings is 1. The molecule has 4 fully saturated rings. The third-order valence-corrected chi connectivity index (χ3v) is 9.13. The molecule has 1 aliphatic carbocycles. The van der Waals surface area contributed by atoms with Gasteiger partial charge in [0.25, 0.3) is 5.91 Å². The van der Waals surface area contributed by atoms with Gasteiger partial charge in [-0.2, -0.15) is 0 Å². The number of aromatic nitrogens is 2. The molecule has 1 spiro atoms. The number of carbonyl (C=O) groups excluding carboxylic acids is 2. The van der Waals surface area contributed by atoms with Crippen LogP contribution in [0.4, 0.5) is 0 Å². The van der Waals surface area contributed by atoms with Gasteiger partial charge in [-0.25, -0.2) is 0 Å². The molecule has 37 heavy (non-hydrogen) atoms. The highest BCUT2D eigenvalue weighted by Crippen LogP contribution is 2.54. The van der Waals surface area contributed by atoms with Gasteiger partial charge in [-0.05, 0) is 48.1 Å². The summed E-state index contributed by atoms with van der Waals surface area (Å²) in [4.78, 5) is 37.6. The molecule has 1 atom stereocenters. The molecule has 3 aliphatic heterocycles. The molecule has 0 aromatic carbocycles. The molecule has 8 nitrogen and oxygen atoms in total. The van der Waals surface area contributed by atoms with E-state index in [0.717, 1.165) is 70.6 Å². The molecule has 1 unspecified atom stereocenters. The highest BCUT2D eigenvalue weighted by molar-refractivity contribution is 7.11. The highest BCUT2D eigenvalue weighted by atomic mass is 32.1. The fourth-order valence-electron chi connectivity index (χ4n) is 5.88. The average molecular weight is 527 g/mol. The van der Waals surface area contributed by atoms with Crippen molar-refractivity contribution in [2.45, 2.75) is 52.1 Å². The minimum atomic E-state index is 0.0903. The number of methoxy groups -OCH3 is 1. The summed E-state index contributed by atoms with van der Waals surface area (Å²) in [6, 6.07) is 2.20. The van der Waals surface area contributed by atoms with E-state index < -0.39 is 0 Å². The second kappa shape index (κ2) is 10.8. The first-order valence-electron chi connectivity index (χ1n) is 13.3. The molecule has 2 amide bonds. The number of carbonyl (C=O) groups is 2. The summed E-state index contributed by atoms with van der Waals surface area (Å²) < 4.78 is 10.5. The first-order valence-corrected chi connectivity index (χ1v) is 14.2. The molecular formula is C28H38N4O4S. The zero-order valence-electron chi connectivity index (χ0n) is 22.1. The number of nitrogens with zero attached hydrogens (tertiary/aromatic N) is 4. The third kappa shape index (κ3) is 5.89. The molecular weight excluding hydrogens is 488 g/mol. The molecule has 0 bridgehead atoms. The van der Waals surface area contributed by atoms with Crippen molar-refractivity contribution in [2.75, 3.05) is 46.5 Å². The number of likely N-dealkylation sites (tertiary alicyclic amines) is 2. The lowest BCUT2D eigenvalue weighted by Gasteiger charge is -2.48. The van der Waals surface area contributed by atoms with Crippen molar-refractivity contribution in [1.29, 1.82) is 0 Å². The van der Waals surface area contributed by atoms with Gasteiger partial charge in [-0.15, -0.1) is 11.3 Å². The fourth-order valence-corrected chi connectivity index (χ4v) is 6.47. The van der Waals surface area contributed by atoms with E-state index >= 15 is 0 Å². The van der Waals surface area contributed by atoms with Crippen LogP contribution in [0.2, 0.25) is 0 Å². The van der Waals surface area contributed by atoms with Crippen molar-refractivity contribution < 1.29 is 19.1 Å². The summed E-state index contributed by atoms with van der Waals surface area (Å²) >= 11 is 1.39. The third-order valence-electron chi connectivity index (χ3n) is 8.36. The summed E-state index contributed by atoms with van der Waals surface area (Å²) in [5.74, 6) is 1.25. The van der Waals surface area contributed by atoms with E-state index in [4.69, 9.17) is 9.47 Å². The van der Waals surface area contributed by atoms with Crippen molar-refractivity contribution in [3.8, 4) is 0 Å². The number of rotatable bonds is 5. The van der Waals surface area contributed by atoms with Gasteiger partial charge >= 0.3 is 0 Å². The normalized spacial score (nSPS) is 23.8. The lowest BCUT2D eigenvalue weighted by molar-refractivity contribution is -0.144. The fraction of sp³-hybridized carbons (Fsp3) is 0.643. The second-order valence-corrected chi connectivity index (χ2v) is 12.6.